The number of alkyl carbamates (subject to hydrolysis) is 1. The number of carbonyl (C=O) groups is 9. The molecule has 1 aliphatic carbocycles. The molecule has 0 aromatic heterocycles. The predicted molar refractivity (Wildman–Crippen MR) is 302 cm³/mol. The topological polar surface area (TPSA) is 260 Å². The molecular formula is C60H92N8O11. The van der Waals surface area contributed by atoms with E-state index in [0.717, 1.165) is 30.4 Å². The number of nitrogens with one attached hydrogen (secondary N) is 7. The van der Waals surface area contributed by atoms with E-state index < -0.39 is 101 Å². The van der Waals surface area contributed by atoms with Crippen molar-refractivity contribution in [1.29, 1.82) is 0 Å². The number of ether oxygens (including phenoxy) is 2. The Hall–Kier alpha value is -6.53. The van der Waals surface area contributed by atoms with Crippen molar-refractivity contribution in [1.82, 2.24) is 42.1 Å². The van der Waals surface area contributed by atoms with Crippen LogP contribution < -0.4 is 37.2 Å². The normalized spacial score (nSPS) is 17.6. The molecule has 7 atom stereocenters. The van der Waals surface area contributed by atoms with Crippen LogP contribution in [0.3, 0.4) is 0 Å². The van der Waals surface area contributed by atoms with Gasteiger partial charge in [0.25, 0.3) is 0 Å². The van der Waals surface area contributed by atoms with Crippen LogP contribution in [0.25, 0.3) is 0 Å². The van der Waals surface area contributed by atoms with Gasteiger partial charge in [-0.05, 0) is 99.5 Å². The van der Waals surface area contributed by atoms with Gasteiger partial charge in [-0.3, -0.25) is 33.6 Å². The third-order valence-corrected chi connectivity index (χ3v) is 14.5. The summed E-state index contributed by atoms with van der Waals surface area (Å²) in [6, 6.07) is 11.2. The monoisotopic (exact) mass is 1100 g/mol. The summed E-state index contributed by atoms with van der Waals surface area (Å²) in [4.78, 5) is 127. The fourth-order valence-electron chi connectivity index (χ4n) is 10.3. The first-order valence-electron chi connectivity index (χ1n) is 28.5. The molecule has 8 amide bonds. The summed E-state index contributed by atoms with van der Waals surface area (Å²) in [6.07, 6.45) is 4.82. The third kappa shape index (κ3) is 21.2. The van der Waals surface area contributed by atoms with Gasteiger partial charge in [-0.1, -0.05) is 135 Å². The molecule has 19 heteroatoms. The van der Waals surface area contributed by atoms with Crippen LogP contribution in [0, 0.1) is 29.1 Å². The van der Waals surface area contributed by atoms with Crippen LogP contribution in [-0.4, -0.2) is 126 Å². The van der Waals surface area contributed by atoms with E-state index in [1.165, 1.54) is 12.0 Å². The Kier molecular flexibility index (Phi) is 25.3. The highest BCUT2D eigenvalue weighted by Crippen LogP contribution is 2.39. The van der Waals surface area contributed by atoms with Gasteiger partial charge in [0.15, 0.2) is 0 Å². The summed E-state index contributed by atoms with van der Waals surface area (Å²) in [7, 11) is 1.24. The molecule has 0 radical (unpaired) electrons. The number of hydrogen-bond donors (Lipinski definition) is 7. The van der Waals surface area contributed by atoms with Gasteiger partial charge in [-0.15, -0.1) is 0 Å². The van der Waals surface area contributed by atoms with Crippen molar-refractivity contribution in [2.24, 2.45) is 29.1 Å². The molecule has 438 valence electrons. The highest BCUT2D eigenvalue weighted by atomic mass is 16.6. The van der Waals surface area contributed by atoms with Crippen molar-refractivity contribution in [3.05, 3.63) is 71.8 Å². The lowest BCUT2D eigenvalue weighted by molar-refractivity contribution is -0.146. The largest absolute Gasteiger partial charge is 0.467 e. The number of amides is 8. The Morgan fingerprint density at radius 2 is 1.06 bits per heavy atom. The van der Waals surface area contributed by atoms with Crippen molar-refractivity contribution >= 4 is 53.4 Å². The first-order chi connectivity index (χ1) is 37.2. The van der Waals surface area contributed by atoms with E-state index in [-0.39, 0.29) is 74.8 Å². The highest BCUT2D eigenvalue weighted by Gasteiger charge is 2.42. The van der Waals surface area contributed by atoms with E-state index in [1.54, 1.807) is 48.5 Å². The van der Waals surface area contributed by atoms with Gasteiger partial charge in [0.05, 0.1) is 7.11 Å². The minimum atomic E-state index is -1.14. The molecule has 1 heterocycles. The fourth-order valence-corrected chi connectivity index (χ4v) is 10.3. The van der Waals surface area contributed by atoms with E-state index in [0.29, 0.717) is 25.7 Å². The summed E-state index contributed by atoms with van der Waals surface area (Å²) in [5.74, 6) is -4.87. The second kappa shape index (κ2) is 30.7. The number of methoxy groups -OCH3 is 1. The minimum Gasteiger partial charge on any atom is -0.467 e. The number of rotatable bonds is 27. The average molecular weight is 1100 g/mol. The van der Waals surface area contributed by atoms with Crippen LogP contribution in [0.2, 0.25) is 0 Å². The second-order valence-corrected chi connectivity index (χ2v) is 24.2. The van der Waals surface area contributed by atoms with Crippen molar-refractivity contribution in [2.45, 2.75) is 201 Å². The standard InChI is InChI=1S/C60H92N8O11/c1-37(2)31-43(51(70)63-46(34-42-25-18-14-19-26-42)54(73)67-50(40(7)8)57(76)78-12)62-48(69)35-60(28-20-15-21-29-60)36-61-55(74)47-27-22-30-68(47)56(75)49(39(5)6)66-53(72)45(33-41-23-16-13-17-24-41)64-52(71)44(32-38(3)4)65-58(77)79-59(9,10)11/h13-14,16-19,23-26,37-40,43-47,49-50H,15,20-22,27-36H2,1-12H3,(H,61,74)(H,62,69)(H,63,70)(H,64,71)(H,65,77)(H,66,72)(H,67,73)/t43-,44-,45-,46-,47+,49-,50-/m0/s1. The number of hydrogen-bond acceptors (Lipinski definition) is 11. The lowest BCUT2D eigenvalue weighted by Gasteiger charge is -2.38. The van der Waals surface area contributed by atoms with Gasteiger partial charge in [0, 0.05) is 32.4 Å². The van der Waals surface area contributed by atoms with Gasteiger partial charge in [0.1, 0.15) is 47.9 Å². The molecule has 2 aromatic carbocycles. The molecule has 79 heavy (non-hydrogen) atoms. The lowest BCUT2D eigenvalue weighted by Crippen LogP contribution is -2.60. The Bertz CT molecular complexity index is 2350. The molecule has 0 spiro atoms. The van der Waals surface area contributed by atoms with Crippen molar-refractivity contribution in [3.8, 4) is 0 Å². The minimum absolute atomic E-state index is 0.00467. The Morgan fingerprint density at radius 3 is 1.52 bits per heavy atom. The molecule has 1 saturated carbocycles. The number of carbonyl (C=O) groups excluding carboxylic acids is 9. The van der Waals surface area contributed by atoms with Gasteiger partial charge >= 0.3 is 12.1 Å². The molecule has 1 aliphatic heterocycles. The van der Waals surface area contributed by atoms with Crippen molar-refractivity contribution in [2.75, 3.05) is 20.2 Å². The summed E-state index contributed by atoms with van der Waals surface area (Å²) in [5, 5.41) is 20.2. The van der Waals surface area contributed by atoms with Crippen molar-refractivity contribution < 1.29 is 52.6 Å². The van der Waals surface area contributed by atoms with Crippen LogP contribution in [0.5, 0.6) is 0 Å². The van der Waals surface area contributed by atoms with Gasteiger partial charge in [-0.2, -0.15) is 0 Å². The molecule has 0 unspecified atom stereocenters. The smallest absolute Gasteiger partial charge is 0.408 e. The molecule has 7 N–H and O–H groups in total. The van der Waals surface area contributed by atoms with Crippen LogP contribution in [-0.2, 0) is 60.7 Å². The molecule has 4 rings (SSSR count). The summed E-state index contributed by atoms with van der Waals surface area (Å²) < 4.78 is 10.4. The second-order valence-electron chi connectivity index (χ2n) is 24.2. The SMILES string of the molecule is COC(=O)[C@@H](NC(=O)[C@H](Cc1ccccc1)NC(=O)[C@H](CC(C)C)NC(=O)CC1(CNC(=O)[C@H]2CCCN2C(=O)[C@@H](NC(=O)[C@H](Cc2ccccc2)NC(=O)[C@H](CC(C)C)NC(=O)OC(C)(C)C)C(C)C)CCCCC1)C(C)C. The van der Waals surface area contributed by atoms with Crippen LogP contribution in [0.15, 0.2) is 60.7 Å². The maximum Gasteiger partial charge on any atom is 0.408 e. The zero-order valence-electron chi connectivity index (χ0n) is 49.0. The van der Waals surface area contributed by atoms with E-state index in [4.69, 9.17) is 9.47 Å². The first kappa shape index (κ1) is 65.0. The van der Waals surface area contributed by atoms with Gasteiger partial charge < -0.3 is 51.6 Å². The number of nitrogens with zero attached hydrogens (tertiary/aromatic N) is 1. The van der Waals surface area contributed by atoms with Crippen molar-refractivity contribution in [3.63, 3.8) is 0 Å². The molecule has 2 aliphatic rings. The van der Waals surface area contributed by atoms with E-state index in [2.05, 4.69) is 37.2 Å². The maximum atomic E-state index is 14.6. The highest BCUT2D eigenvalue weighted by molar-refractivity contribution is 5.96. The molecule has 0 bridgehead atoms. The molecular weight excluding hydrogens is 1010 g/mol. The third-order valence-electron chi connectivity index (χ3n) is 14.5. The van der Waals surface area contributed by atoms with E-state index in [9.17, 15) is 43.2 Å². The molecule has 19 nitrogen and oxygen atoms in total. The quantitative estimate of drug-likeness (QED) is 0.0525. The zero-order valence-corrected chi connectivity index (χ0v) is 49.0. The van der Waals surface area contributed by atoms with Crippen LogP contribution >= 0.6 is 0 Å². The Morgan fingerprint density at radius 1 is 0.595 bits per heavy atom. The van der Waals surface area contributed by atoms with Crippen LogP contribution in [0.1, 0.15) is 151 Å². The lowest BCUT2D eigenvalue weighted by atomic mass is 9.71. The van der Waals surface area contributed by atoms with Gasteiger partial charge in [-0.25, -0.2) is 9.59 Å². The van der Waals surface area contributed by atoms with Crippen LogP contribution in [0.4, 0.5) is 4.79 Å². The maximum absolute atomic E-state index is 14.6. The fraction of sp³-hybridized carbons (Fsp3) is 0.650. The molecule has 2 fully saturated rings. The molecule has 1 saturated heterocycles. The predicted octanol–water partition coefficient (Wildman–Crippen LogP) is 5.81. The zero-order chi connectivity index (χ0) is 58.6. The summed E-state index contributed by atoms with van der Waals surface area (Å²) >= 11 is 0. The number of esters is 1. The van der Waals surface area contributed by atoms with Gasteiger partial charge in [0.2, 0.25) is 41.4 Å². The van der Waals surface area contributed by atoms with E-state index >= 15 is 0 Å². The first-order valence-corrected chi connectivity index (χ1v) is 28.5. The number of likely N-dealkylation sites (tertiary alicyclic amines) is 1. The molecule has 2 aromatic rings. The average Bonchev–Trinajstić information content (AvgIpc) is 3.89. The summed E-state index contributed by atoms with van der Waals surface area (Å²) in [6.45, 7) is 20.4. The Balaban J connectivity index is 1.49. The summed E-state index contributed by atoms with van der Waals surface area (Å²) in [5.41, 5.74) is 0.0708. The Labute approximate surface area is 468 Å². The number of benzene rings is 2. The van der Waals surface area contributed by atoms with E-state index in [1.807, 2.05) is 88.4 Å².